The number of carbonyl (C=O) groups excluding carboxylic acids is 3. The van der Waals surface area contributed by atoms with E-state index < -0.39 is 28.8 Å². The number of carbonyl (C=O) groups is 4. The quantitative estimate of drug-likeness (QED) is 0.127. The van der Waals surface area contributed by atoms with Gasteiger partial charge in [0.25, 0.3) is 0 Å². The summed E-state index contributed by atoms with van der Waals surface area (Å²) in [4.78, 5) is 46.0. The van der Waals surface area contributed by atoms with Gasteiger partial charge in [0.15, 0.2) is 0 Å². The molecule has 1 unspecified atom stereocenters. The topological polar surface area (TPSA) is 113 Å². The second kappa shape index (κ2) is 10.1. The molecular formula is C17H22N2O6S3. The SMILES string of the molecule is C=CCC(=O)OC(S)=C=CS.CC(=O)N[C@@H]1C(=O)N2C(C(=O)O)C(C)(C)S[C@@H]12. The van der Waals surface area contributed by atoms with E-state index in [2.05, 4.69) is 47.6 Å². The highest BCUT2D eigenvalue weighted by Gasteiger charge is 2.64. The molecular weight excluding hydrogens is 424 g/mol. The number of amides is 2. The van der Waals surface area contributed by atoms with E-state index in [9.17, 15) is 19.2 Å². The van der Waals surface area contributed by atoms with Crippen LogP contribution in [-0.4, -0.2) is 56.0 Å². The first-order valence-electron chi connectivity index (χ1n) is 8.06. The number of nitrogens with one attached hydrogen (secondary N) is 1. The minimum absolute atomic E-state index is 0.104. The highest BCUT2D eigenvalue weighted by atomic mass is 32.2. The minimum atomic E-state index is -1.00. The number of rotatable bonds is 5. The molecule has 0 saturated carbocycles. The van der Waals surface area contributed by atoms with Gasteiger partial charge in [-0.1, -0.05) is 24.4 Å². The van der Waals surface area contributed by atoms with Crippen molar-refractivity contribution in [2.75, 3.05) is 0 Å². The van der Waals surface area contributed by atoms with Crippen LogP contribution in [0.4, 0.5) is 0 Å². The average Bonchev–Trinajstić information content (AvgIpc) is 2.82. The summed E-state index contributed by atoms with van der Waals surface area (Å²) in [5.41, 5.74) is 2.48. The molecule has 11 heteroatoms. The Kier molecular flexibility index (Phi) is 8.75. The van der Waals surface area contributed by atoms with Gasteiger partial charge in [0.2, 0.25) is 16.9 Å². The second-order valence-electron chi connectivity index (χ2n) is 6.32. The zero-order valence-electron chi connectivity index (χ0n) is 15.5. The zero-order chi connectivity index (χ0) is 21.6. The lowest BCUT2D eigenvalue weighted by molar-refractivity contribution is -0.161. The molecule has 2 N–H and O–H groups in total. The van der Waals surface area contributed by atoms with Crippen molar-refractivity contribution in [1.82, 2.24) is 10.2 Å². The van der Waals surface area contributed by atoms with Gasteiger partial charge in [-0.3, -0.25) is 14.4 Å². The van der Waals surface area contributed by atoms with Crippen LogP contribution in [0, 0.1) is 0 Å². The molecule has 2 heterocycles. The van der Waals surface area contributed by atoms with Crippen LogP contribution in [0.2, 0.25) is 0 Å². The number of ether oxygens (including phenoxy) is 1. The highest BCUT2D eigenvalue weighted by molar-refractivity contribution is 8.01. The number of thiol groups is 2. The number of fused-ring (bicyclic) bond motifs is 1. The van der Waals surface area contributed by atoms with Crippen molar-refractivity contribution in [3.8, 4) is 0 Å². The van der Waals surface area contributed by atoms with Crippen molar-refractivity contribution in [3.63, 3.8) is 0 Å². The van der Waals surface area contributed by atoms with Gasteiger partial charge in [-0.25, -0.2) is 4.79 Å². The van der Waals surface area contributed by atoms with Crippen molar-refractivity contribution in [2.45, 2.75) is 49.4 Å². The van der Waals surface area contributed by atoms with Crippen molar-refractivity contribution in [2.24, 2.45) is 0 Å². The van der Waals surface area contributed by atoms with Crippen LogP contribution in [-0.2, 0) is 23.9 Å². The third-order valence-corrected chi connectivity index (χ3v) is 5.66. The van der Waals surface area contributed by atoms with Gasteiger partial charge in [0.05, 0.1) is 6.42 Å². The first-order valence-corrected chi connectivity index (χ1v) is 9.90. The van der Waals surface area contributed by atoms with Crippen molar-refractivity contribution in [1.29, 1.82) is 0 Å². The van der Waals surface area contributed by atoms with Gasteiger partial charge in [-0.15, -0.1) is 31.0 Å². The van der Waals surface area contributed by atoms with Gasteiger partial charge in [-0.05, 0) is 13.8 Å². The molecule has 2 rings (SSSR count). The van der Waals surface area contributed by atoms with Crippen LogP contribution in [0.15, 0.2) is 28.9 Å². The Hall–Kier alpha value is -1.81. The zero-order valence-corrected chi connectivity index (χ0v) is 18.1. The molecule has 2 saturated heterocycles. The molecule has 8 nitrogen and oxygen atoms in total. The summed E-state index contributed by atoms with van der Waals surface area (Å²) in [6.07, 6.45) is 1.62. The Morgan fingerprint density at radius 2 is 2.07 bits per heavy atom. The highest BCUT2D eigenvalue weighted by Crippen LogP contribution is 2.50. The molecule has 2 aliphatic heterocycles. The summed E-state index contributed by atoms with van der Waals surface area (Å²) >= 11 is 8.93. The third kappa shape index (κ3) is 5.84. The number of carboxylic acids is 1. The number of hydrogen-bond donors (Lipinski definition) is 4. The molecule has 0 radical (unpaired) electrons. The van der Waals surface area contributed by atoms with E-state index in [0.29, 0.717) is 0 Å². The molecule has 0 spiro atoms. The molecule has 0 aliphatic carbocycles. The molecule has 28 heavy (non-hydrogen) atoms. The van der Waals surface area contributed by atoms with Crippen molar-refractivity contribution in [3.05, 3.63) is 28.9 Å². The van der Waals surface area contributed by atoms with Crippen LogP contribution in [0.3, 0.4) is 0 Å². The first-order chi connectivity index (χ1) is 13.0. The lowest BCUT2D eigenvalue weighted by atomic mass is 9.96. The summed E-state index contributed by atoms with van der Waals surface area (Å²) in [7, 11) is 0. The lowest BCUT2D eigenvalue weighted by Crippen LogP contribution is -2.70. The average molecular weight is 447 g/mol. The number of β-lactam (4-membered cyclic amide) rings is 1. The summed E-state index contributed by atoms with van der Waals surface area (Å²) < 4.78 is 4.07. The van der Waals surface area contributed by atoms with Gasteiger partial charge >= 0.3 is 11.9 Å². The third-order valence-electron chi connectivity index (χ3n) is 3.74. The molecule has 2 aliphatic rings. The molecule has 0 bridgehead atoms. The smallest absolute Gasteiger partial charge is 0.327 e. The van der Waals surface area contributed by atoms with Gasteiger partial charge < -0.3 is 20.1 Å². The molecule has 0 aromatic rings. The van der Waals surface area contributed by atoms with Gasteiger partial charge in [-0.2, -0.15) is 0 Å². The summed E-state index contributed by atoms with van der Waals surface area (Å²) in [5, 5.41) is 12.9. The van der Waals surface area contributed by atoms with Crippen LogP contribution in [0.25, 0.3) is 0 Å². The predicted octanol–water partition coefficient (Wildman–Crippen LogP) is 1.56. The maximum atomic E-state index is 11.8. The van der Waals surface area contributed by atoms with E-state index in [1.165, 1.54) is 35.1 Å². The van der Waals surface area contributed by atoms with Crippen LogP contribution >= 0.6 is 37.0 Å². The number of nitrogens with zero attached hydrogens (tertiary/aromatic N) is 1. The van der Waals surface area contributed by atoms with Crippen LogP contribution in [0.1, 0.15) is 27.2 Å². The summed E-state index contributed by atoms with van der Waals surface area (Å²) in [6, 6.07) is -1.41. The van der Waals surface area contributed by atoms with Crippen molar-refractivity contribution >= 4 is 60.8 Å². The van der Waals surface area contributed by atoms with Crippen LogP contribution in [0.5, 0.6) is 0 Å². The Bertz CT molecular complexity index is 745. The molecule has 154 valence electrons. The fourth-order valence-corrected chi connectivity index (χ4v) is 4.73. The minimum Gasteiger partial charge on any atom is -0.480 e. The number of carboxylic acid groups (broad SMARTS) is 1. The standard InChI is InChI=1S/C10H14N2O4S.C7H8O2S2/c1-4(13)11-5-7(14)12-6(9(15)16)10(2,3)17-8(5)12;1-2-3-6(8)9-7(11)4-5-10/h5-6,8H,1-3H3,(H,11,13)(H,15,16);2,5,10-11H,1,3H2/t5-,6?,8+;/m1./s1. The molecule has 2 fully saturated rings. The maximum Gasteiger partial charge on any atom is 0.327 e. The molecule has 0 aromatic heterocycles. The number of hydrogen-bond acceptors (Lipinski definition) is 8. The molecule has 3 atom stereocenters. The van der Waals surface area contributed by atoms with E-state index in [0.717, 1.165) is 0 Å². The van der Waals surface area contributed by atoms with Gasteiger partial charge in [0, 0.05) is 17.1 Å². The number of thioether (sulfide) groups is 1. The molecule has 2 amide bonds. The Balaban J connectivity index is 0.000000311. The summed E-state index contributed by atoms with van der Waals surface area (Å²) in [6.45, 7) is 8.32. The maximum absolute atomic E-state index is 11.8. The van der Waals surface area contributed by atoms with E-state index in [-0.39, 0.29) is 28.7 Å². The summed E-state index contributed by atoms with van der Waals surface area (Å²) in [5.74, 6) is -2.00. The van der Waals surface area contributed by atoms with E-state index in [1.54, 1.807) is 13.8 Å². The fraction of sp³-hybridized carbons (Fsp3) is 0.471. The van der Waals surface area contributed by atoms with Gasteiger partial charge in [0.1, 0.15) is 17.5 Å². The predicted molar refractivity (Wildman–Crippen MR) is 112 cm³/mol. The first kappa shape index (κ1) is 24.2. The lowest BCUT2D eigenvalue weighted by Gasteiger charge is -2.43. The Labute approximate surface area is 178 Å². The van der Waals surface area contributed by atoms with E-state index in [1.807, 2.05) is 0 Å². The normalized spacial score (nSPS) is 23.7. The fourth-order valence-electron chi connectivity index (χ4n) is 2.72. The van der Waals surface area contributed by atoms with E-state index in [4.69, 9.17) is 5.11 Å². The van der Waals surface area contributed by atoms with Crippen LogP contribution < -0.4 is 5.32 Å². The second-order valence-corrected chi connectivity index (χ2v) is 8.76. The monoisotopic (exact) mass is 446 g/mol. The van der Waals surface area contributed by atoms with E-state index >= 15 is 0 Å². The number of esters is 1. The van der Waals surface area contributed by atoms with Crippen molar-refractivity contribution < 1.29 is 29.0 Å². The largest absolute Gasteiger partial charge is 0.480 e. The Morgan fingerprint density at radius 1 is 1.46 bits per heavy atom. The molecule has 0 aromatic carbocycles. The Morgan fingerprint density at radius 3 is 2.54 bits per heavy atom. The number of aliphatic carboxylic acids is 1.